The lowest BCUT2D eigenvalue weighted by Gasteiger charge is -2.11. The van der Waals surface area contributed by atoms with Crippen molar-refractivity contribution in [1.29, 1.82) is 0 Å². The van der Waals surface area contributed by atoms with Crippen LogP contribution in [0, 0.1) is 0 Å². The quantitative estimate of drug-likeness (QED) is 0.797. The Hall–Kier alpha value is -1.81. The van der Waals surface area contributed by atoms with Crippen molar-refractivity contribution in [2.75, 3.05) is 0 Å². The summed E-state index contributed by atoms with van der Waals surface area (Å²) in [6, 6.07) is 7.69. The van der Waals surface area contributed by atoms with E-state index in [-0.39, 0.29) is 11.9 Å². The fraction of sp³-hybridized carbons (Fsp3) is 0.474. The Labute approximate surface area is 149 Å². The van der Waals surface area contributed by atoms with Gasteiger partial charge in [-0.25, -0.2) is 4.68 Å². The molecular formula is C19H26ClN3O. The molecule has 0 unspecified atom stereocenters. The SMILES string of the molecule is CCCc1nn(-c2cccc(Cl)c2)c(CCC)c1C(=O)NC(C)C. The minimum atomic E-state index is -0.0369. The van der Waals surface area contributed by atoms with E-state index in [2.05, 4.69) is 19.2 Å². The number of nitrogens with zero attached hydrogens (tertiary/aromatic N) is 2. The third-order valence-corrected chi connectivity index (χ3v) is 3.96. The molecule has 0 radical (unpaired) electrons. The predicted octanol–water partition coefficient (Wildman–Crippen LogP) is 4.57. The molecule has 2 rings (SSSR count). The number of benzene rings is 1. The summed E-state index contributed by atoms with van der Waals surface area (Å²) in [6.07, 6.45) is 3.47. The summed E-state index contributed by atoms with van der Waals surface area (Å²) in [6.45, 7) is 8.15. The number of aryl methyl sites for hydroxylation is 1. The van der Waals surface area contributed by atoms with Gasteiger partial charge in [-0.1, -0.05) is 44.4 Å². The summed E-state index contributed by atoms with van der Waals surface area (Å²) in [4.78, 5) is 12.8. The number of rotatable bonds is 7. The summed E-state index contributed by atoms with van der Waals surface area (Å²) >= 11 is 6.14. The summed E-state index contributed by atoms with van der Waals surface area (Å²) in [5, 5.41) is 8.43. The topological polar surface area (TPSA) is 46.9 Å². The molecule has 0 spiro atoms. The zero-order chi connectivity index (χ0) is 17.7. The van der Waals surface area contributed by atoms with Crippen molar-refractivity contribution in [2.45, 2.75) is 59.4 Å². The van der Waals surface area contributed by atoms with Gasteiger partial charge >= 0.3 is 0 Å². The van der Waals surface area contributed by atoms with Crippen LogP contribution in [-0.2, 0) is 12.8 Å². The number of nitrogens with one attached hydrogen (secondary N) is 1. The molecule has 0 bridgehead atoms. The number of carbonyl (C=O) groups excluding carboxylic acids is 1. The number of halogens is 1. The van der Waals surface area contributed by atoms with E-state index in [1.165, 1.54) is 0 Å². The van der Waals surface area contributed by atoms with Crippen LogP contribution in [0.25, 0.3) is 5.69 Å². The van der Waals surface area contributed by atoms with Crippen molar-refractivity contribution in [3.05, 3.63) is 46.2 Å². The van der Waals surface area contributed by atoms with Gasteiger partial charge in [-0.2, -0.15) is 5.10 Å². The Bertz CT molecular complexity index is 707. The van der Waals surface area contributed by atoms with Gasteiger partial charge in [-0.3, -0.25) is 4.79 Å². The first-order chi connectivity index (χ1) is 11.5. The highest BCUT2D eigenvalue weighted by atomic mass is 35.5. The van der Waals surface area contributed by atoms with Crippen LogP contribution in [0.3, 0.4) is 0 Å². The van der Waals surface area contributed by atoms with E-state index in [9.17, 15) is 4.79 Å². The number of hydrogen-bond acceptors (Lipinski definition) is 2. The smallest absolute Gasteiger partial charge is 0.255 e. The monoisotopic (exact) mass is 347 g/mol. The van der Waals surface area contributed by atoms with Crippen LogP contribution in [0.1, 0.15) is 62.3 Å². The van der Waals surface area contributed by atoms with Crippen LogP contribution in [0.2, 0.25) is 5.02 Å². The van der Waals surface area contributed by atoms with Gasteiger partial charge in [-0.05, 0) is 44.9 Å². The molecule has 0 saturated heterocycles. The Morgan fingerprint density at radius 1 is 1.25 bits per heavy atom. The highest BCUT2D eigenvalue weighted by Crippen LogP contribution is 2.23. The van der Waals surface area contributed by atoms with Crippen molar-refractivity contribution in [1.82, 2.24) is 15.1 Å². The van der Waals surface area contributed by atoms with Crippen molar-refractivity contribution in [2.24, 2.45) is 0 Å². The van der Waals surface area contributed by atoms with Gasteiger partial charge in [0.1, 0.15) is 0 Å². The van der Waals surface area contributed by atoms with Gasteiger partial charge in [0.15, 0.2) is 0 Å². The van der Waals surface area contributed by atoms with Crippen LogP contribution in [0.4, 0.5) is 0 Å². The lowest BCUT2D eigenvalue weighted by atomic mass is 10.0. The molecule has 24 heavy (non-hydrogen) atoms. The van der Waals surface area contributed by atoms with Gasteiger partial charge in [-0.15, -0.1) is 0 Å². The minimum Gasteiger partial charge on any atom is -0.350 e. The zero-order valence-corrected chi connectivity index (χ0v) is 15.7. The molecule has 0 aliphatic rings. The van der Waals surface area contributed by atoms with Gasteiger partial charge in [0, 0.05) is 11.1 Å². The first-order valence-corrected chi connectivity index (χ1v) is 9.03. The van der Waals surface area contributed by atoms with Gasteiger partial charge in [0.25, 0.3) is 5.91 Å². The number of carbonyl (C=O) groups is 1. The molecule has 1 N–H and O–H groups in total. The van der Waals surface area contributed by atoms with Crippen LogP contribution in [-0.4, -0.2) is 21.7 Å². The maximum absolute atomic E-state index is 12.8. The molecule has 1 aromatic carbocycles. The summed E-state index contributed by atoms with van der Waals surface area (Å²) < 4.78 is 1.88. The minimum absolute atomic E-state index is 0.0369. The second-order valence-corrected chi connectivity index (χ2v) is 6.72. The molecule has 1 aromatic heterocycles. The summed E-state index contributed by atoms with van der Waals surface area (Å²) in [5.74, 6) is -0.0369. The normalized spacial score (nSPS) is 11.1. The molecule has 2 aromatic rings. The van der Waals surface area contributed by atoms with E-state index in [0.717, 1.165) is 48.3 Å². The molecule has 0 atom stereocenters. The predicted molar refractivity (Wildman–Crippen MR) is 99.2 cm³/mol. The Morgan fingerprint density at radius 2 is 1.96 bits per heavy atom. The Morgan fingerprint density at radius 3 is 2.54 bits per heavy atom. The average molecular weight is 348 g/mol. The second kappa shape index (κ2) is 8.34. The molecule has 0 fully saturated rings. The third kappa shape index (κ3) is 4.18. The van der Waals surface area contributed by atoms with Crippen LogP contribution in [0.15, 0.2) is 24.3 Å². The maximum Gasteiger partial charge on any atom is 0.255 e. The molecule has 4 nitrogen and oxygen atoms in total. The molecule has 5 heteroatoms. The molecule has 0 aliphatic carbocycles. The first kappa shape index (κ1) is 18.5. The van der Waals surface area contributed by atoms with Crippen LogP contribution < -0.4 is 5.32 Å². The number of aromatic nitrogens is 2. The molecule has 1 heterocycles. The Balaban J connectivity index is 2.60. The largest absolute Gasteiger partial charge is 0.350 e. The van der Waals surface area contributed by atoms with Crippen molar-refractivity contribution in [3.63, 3.8) is 0 Å². The summed E-state index contributed by atoms with van der Waals surface area (Å²) in [7, 11) is 0. The summed E-state index contributed by atoms with van der Waals surface area (Å²) in [5.41, 5.74) is 3.44. The second-order valence-electron chi connectivity index (χ2n) is 6.29. The molecule has 0 saturated carbocycles. The lowest BCUT2D eigenvalue weighted by molar-refractivity contribution is 0.0941. The van der Waals surface area contributed by atoms with Gasteiger partial charge in [0.2, 0.25) is 0 Å². The van der Waals surface area contributed by atoms with E-state index < -0.39 is 0 Å². The van der Waals surface area contributed by atoms with E-state index in [0.29, 0.717) is 5.02 Å². The van der Waals surface area contributed by atoms with Gasteiger partial charge in [0.05, 0.1) is 22.6 Å². The van der Waals surface area contributed by atoms with Crippen molar-refractivity contribution in [3.8, 4) is 5.69 Å². The van der Waals surface area contributed by atoms with E-state index >= 15 is 0 Å². The fourth-order valence-corrected chi connectivity index (χ4v) is 2.99. The Kier molecular flexibility index (Phi) is 6.44. The highest BCUT2D eigenvalue weighted by Gasteiger charge is 2.23. The van der Waals surface area contributed by atoms with E-state index in [1.807, 2.05) is 42.8 Å². The van der Waals surface area contributed by atoms with Crippen molar-refractivity contribution < 1.29 is 4.79 Å². The highest BCUT2D eigenvalue weighted by molar-refractivity contribution is 6.30. The average Bonchev–Trinajstić information content (AvgIpc) is 2.86. The van der Waals surface area contributed by atoms with Crippen LogP contribution in [0.5, 0.6) is 0 Å². The molecule has 130 valence electrons. The van der Waals surface area contributed by atoms with E-state index in [1.54, 1.807) is 0 Å². The van der Waals surface area contributed by atoms with Gasteiger partial charge < -0.3 is 5.32 Å². The molecular weight excluding hydrogens is 322 g/mol. The molecule has 1 amide bonds. The first-order valence-electron chi connectivity index (χ1n) is 8.65. The van der Waals surface area contributed by atoms with Crippen molar-refractivity contribution >= 4 is 17.5 Å². The number of amides is 1. The lowest BCUT2D eigenvalue weighted by Crippen LogP contribution is -2.31. The van der Waals surface area contributed by atoms with E-state index in [4.69, 9.17) is 16.7 Å². The molecule has 0 aliphatic heterocycles. The third-order valence-electron chi connectivity index (χ3n) is 3.73. The fourth-order valence-electron chi connectivity index (χ4n) is 2.80. The number of hydrogen-bond donors (Lipinski definition) is 1. The van der Waals surface area contributed by atoms with Crippen LogP contribution >= 0.6 is 11.6 Å². The maximum atomic E-state index is 12.8. The zero-order valence-electron chi connectivity index (χ0n) is 14.9. The standard InChI is InChI=1S/C19H26ClN3O/c1-5-8-16-18(19(24)21-13(3)4)17(9-6-2)23(22-16)15-11-7-10-14(20)12-15/h7,10-13H,5-6,8-9H2,1-4H3,(H,21,24).